The van der Waals surface area contributed by atoms with Crippen LogP contribution in [-0.4, -0.2) is 24.4 Å². The van der Waals surface area contributed by atoms with Crippen LogP contribution in [-0.2, 0) is 10.8 Å². The SMILES string of the molecule is CN1C(=CC=CC=CC=CC2=[N+](C)c3ccc4ccccc4c3C2(C)C)C(C)(C)c2c1ccc1ccccc21.[O-][Cl+3]([O-])([O-])[O-]. The third-order valence-electron chi connectivity index (χ3n) is 8.74. The molecule has 0 aromatic heterocycles. The predicted octanol–water partition coefficient (Wildman–Crippen LogP) is 4.22. The summed E-state index contributed by atoms with van der Waals surface area (Å²) in [5.74, 6) is 0. The molecule has 0 saturated heterocycles. The number of benzene rings is 4. The Labute approximate surface area is 261 Å². The average Bonchev–Trinajstić information content (AvgIpc) is 3.29. The van der Waals surface area contributed by atoms with Gasteiger partial charge in [-0.1, -0.05) is 98.8 Å². The Balaban J connectivity index is 0.000000712. The molecule has 0 saturated carbocycles. The summed E-state index contributed by atoms with van der Waals surface area (Å²) in [4.78, 5) is 2.34. The monoisotopic (exact) mass is 608 g/mol. The minimum atomic E-state index is -4.94. The fraction of sp³-hybridized carbons (Fsp3) is 0.216. The molecule has 0 amide bonds. The minimum Gasteiger partial charge on any atom is -0.347 e. The van der Waals surface area contributed by atoms with Gasteiger partial charge in [-0.2, -0.15) is 4.58 Å². The van der Waals surface area contributed by atoms with E-state index in [0.717, 1.165) is 0 Å². The zero-order valence-corrected chi connectivity index (χ0v) is 26.6. The number of rotatable bonds is 4. The molecule has 2 aliphatic heterocycles. The summed E-state index contributed by atoms with van der Waals surface area (Å²) in [6.45, 7) is 9.33. The molecular weight excluding hydrogens is 572 g/mol. The van der Waals surface area contributed by atoms with Gasteiger partial charge >= 0.3 is 0 Å². The molecule has 2 aliphatic rings. The molecule has 4 aromatic carbocycles. The van der Waals surface area contributed by atoms with E-state index in [4.69, 9.17) is 18.6 Å². The molecule has 4 aromatic rings. The Morgan fingerprint density at radius 2 is 1.18 bits per heavy atom. The second-order valence-electron chi connectivity index (χ2n) is 12.2. The number of fused-ring (bicyclic) bond motifs is 6. The highest BCUT2D eigenvalue weighted by atomic mass is 35.7. The highest BCUT2D eigenvalue weighted by molar-refractivity contribution is 6.07. The molecular formula is C37H37ClN2O4. The number of nitrogens with zero attached hydrogens (tertiary/aromatic N) is 2. The van der Waals surface area contributed by atoms with E-state index in [0.29, 0.717) is 0 Å². The molecule has 44 heavy (non-hydrogen) atoms. The van der Waals surface area contributed by atoms with E-state index in [-0.39, 0.29) is 10.8 Å². The first kappa shape index (κ1) is 31.4. The van der Waals surface area contributed by atoms with Crippen molar-refractivity contribution in [3.63, 3.8) is 0 Å². The van der Waals surface area contributed by atoms with E-state index in [1.165, 1.54) is 55.5 Å². The molecule has 0 spiro atoms. The number of hydrogen-bond donors (Lipinski definition) is 0. The highest BCUT2D eigenvalue weighted by Crippen LogP contribution is 2.50. The van der Waals surface area contributed by atoms with E-state index < -0.39 is 10.2 Å². The lowest BCUT2D eigenvalue weighted by atomic mass is 9.79. The van der Waals surface area contributed by atoms with E-state index >= 15 is 0 Å². The van der Waals surface area contributed by atoms with Crippen LogP contribution in [0.1, 0.15) is 38.8 Å². The molecule has 6 rings (SSSR count). The Kier molecular flexibility index (Phi) is 8.42. The summed E-state index contributed by atoms with van der Waals surface area (Å²) < 4.78 is 36.3. The van der Waals surface area contributed by atoms with Gasteiger partial charge < -0.3 is 4.90 Å². The number of allylic oxidation sites excluding steroid dienone is 8. The van der Waals surface area contributed by atoms with E-state index in [9.17, 15) is 0 Å². The number of likely N-dealkylation sites (N-methyl/N-ethyl adjacent to an activating group) is 1. The quantitative estimate of drug-likeness (QED) is 0.255. The van der Waals surface area contributed by atoms with Crippen LogP contribution in [0, 0.1) is 10.2 Å². The average molecular weight is 609 g/mol. The van der Waals surface area contributed by atoms with Crippen LogP contribution >= 0.6 is 0 Å². The minimum absolute atomic E-state index is 0.0621. The fourth-order valence-electron chi connectivity index (χ4n) is 6.87. The van der Waals surface area contributed by atoms with Crippen molar-refractivity contribution in [2.24, 2.45) is 0 Å². The van der Waals surface area contributed by atoms with Crippen LogP contribution in [0.25, 0.3) is 21.5 Å². The third kappa shape index (κ3) is 5.87. The summed E-state index contributed by atoms with van der Waals surface area (Å²) in [7, 11) is -0.586. The van der Waals surface area contributed by atoms with Gasteiger partial charge in [-0.15, -0.1) is 10.2 Å². The van der Waals surface area contributed by atoms with Crippen LogP contribution in [0.3, 0.4) is 0 Å². The summed E-state index contributed by atoms with van der Waals surface area (Å²) in [6, 6.07) is 26.4. The van der Waals surface area contributed by atoms with Gasteiger partial charge in [0.15, 0.2) is 5.71 Å². The van der Waals surface area contributed by atoms with Gasteiger partial charge in [0.1, 0.15) is 7.05 Å². The molecule has 0 N–H and O–H groups in total. The zero-order valence-electron chi connectivity index (χ0n) is 25.9. The first-order valence-corrected chi connectivity index (χ1v) is 15.7. The molecule has 0 fully saturated rings. The van der Waals surface area contributed by atoms with Crippen molar-refractivity contribution in [3.8, 4) is 0 Å². The largest absolute Gasteiger partial charge is 0.347 e. The van der Waals surface area contributed by atoms with Crippen LogP contribution in [0.2, 0.25) is 0 Å². The Morgan fingerprint density at radius 1 is 0.659 bits per heavy atom. The molecule has 2 heterocycles. The van der Waals surface area contributed by atoms with Crippen molar-refractivity contribution >= 4 is 38.6 Å². The van der Waals surface area contributed by atoms with Gasteiger partial charge in [-0.05, 0) is 59.2 Å². The van der Waals surface area contributed by atoms with Crippen molar-refractivity contribution in [2.45, 2.75) is 38.5 Å². The van der Waals surface area contributed by atoms with E-state index in [1.807, 2.05) is 0 Å². The maximum absolute atomic E-state index is 8.49. The smallest absolute Gasteiger partial charge is 0.210 e. The summed E-state index contributed by atoms with van der Waals surface area (Å²) in [5, 5.41) is 5.29. The Bertz CT molecular complexity index is 1890. The van der Waals surface area contributed by atoms with Crippen LogP contribution in [0.15, 0.2) is 121 Å². The lowest BCUT2D eigenvalue weighted by Gasteiger charge is -2.24. The molecule has 6 nitrogen and oxygen atoms in total. The van der Waals surface area contributed by atoms with Gasteiger partial charge in [0.2, 0.25) is 5.69 Å². The van der Waals surface area contributed by atoms with Crippen molar-refractivity contribution in [2.75, 3.05) is 19.0 Å². The number of hydrogen-bond acceptors (Lipinski definition) is 5. The van der Waals surface area contributed by atoms with Crippen molar-refractivity contribution < 1.29 is 33.5 Å². The first-order chi connectivity index (χ1) is 20.7. The zero-order chi connectivity index (χ0) is 31.9. The van der Waals surface area contributed by atoms with Crippen molar-refractivity contribution in [3.05, 3.63) is 132 Å². The predicted molar refractivity (Wildman–Crippen MR) is 169 cm³/mol. The van der Waals surface area contributed by atoms with Gasteiger partial charge in [0.05, 0.1) is 5.41 Å². The standard InChI is InChI=1S/C37H37N2.ClHO4/c1-36(2)32(38(5)30-24-22-26-16-12-14-18-28(26)34(30)36)20-10-8-7-9-11-21-33-37(3,4)35-29-19-15-13-17-27(29)23-25-31(35)39(33)6;2-1(3,4)5/h7-25H,1-6H3;(H,2,3,4,5)/q+1;/p-1. The maximum Gasteiger partial charge on any atom is 0.210 e. The maximum atomic E-state index is 8.49. The Hall–Kier alpha value is -4.04. The molecule has 0 aliphatic carbocycles. The van der Waals surface area contributed by atoms with Crippen molar-refractivity contribution in [1.29, 1.82) is 0 Å². The molecule has 0 unspecified atom stereocenters. The molecule has 0 radical (unpaired) electrons. The van der Waals surface area contributed by atoms with Gasteiger partial charge in [-0.25, -0.2) is 18.6 Å². The lowest BCUT2D eigenvalue weighted by Crippen LogP contribution is -2.68. The van der Waals surface area contributed by atoms with Gasteiger partial charge in [-0.3, -0.25) is 0 Å². The molecule has 0 atom stereocenters. The summed E-state index contributed by atoms with van der Waals surface area (Å²) in [5.41, 5.74) is 7.91. The second-order valence-corrected chi connectivity index (χ2v) is 12.9. The summed E-state index contributed by atoms with van der Waals surface area (Å²) in [6.07, 6.45) is 15.2. The topological polar surface area (TPSA) is 98.5 Å². The molecule has 7 heteroatoms. The van der Waals surface area contributed by atoms with Crippen LogP contribution in [0.4, 0.5) is 11.4 Å². The molecule has 0 bridgehead atoms. The van der Waals surface area contributed by atoms with Gasteiger partial charge in [0, 0.05) is 41.6 Å². The van der Waals surface area contributed by atoms with Gasteiger partial charge in [0.25, 0.3) is 0 Å². The molecule has 226 valence electrons. The third-order valence-corrected chi connectivity index (χ3v) is 8.74. The van der Waals surface area contributed by atoms with E-state index in [2.05, 4.69) is 167 Å². The second kappa shape index (κ2) is 11.8. The van der Waals surface area contributed by atoms with Crippen LogP contribution in [0.5, 0.6) is 0 Å². The normalized spacial score (nSPS) is 18.2. The number of halogens is 1. The van der Waals surface area contributed by atoms with E-state index in [1.54, 1.807) is 0 Å². The lowest BCUT2D eigenvalue weighted by molar-refractivity contribution is -2.00. The fourth-order valence-corrected chi connectivity index (χ4v) is 6.87. The number of anilines is 1. The van der Waals surface area contributed by atoms with Crippen molar-refractivity contribution in [1.82, 2.24) is 0 Å². The highest BCUT2D eigenvalue weighted by Gasteiger charge is 2.44. The summed E-state index contributed by atoms with van der Waals surface area (Å²) >= 11 is 0. The van der Waals surface area contributed by atoms with Crippen LogP contribution < -0.4 is 23.5 Å². The first-order valence-electron chi connectivity index (χ1n) is 14.5. The Morgan fingerprint density at radius 3 is 1.82 bits per heavy atom.